The summed E-state index contributed by atoms with van der Waals surface area (Å²) in [5.74, 6) is -0.411. The van der Waals surface area contributed by atoms with Crippen molar-refractivity contribution in [1.82, 2.24) is 0 Å². The minimum absolute atomic E-state index is 0.0771. The Balaban J connectivity index is 2.04. The summed E-state index contributed by atoms with van der Waals surface area (Å²) in [7, 11) is 0. The normalized spacial score (nSPS) is 43.9. The Hall–Kier alpha value is -0.120. The van der Waals surface area contributed by atoms with Gasteiger partial charge in [-0.1, -0.05) is 27.2 Å². The summed E-state index contributed by atoms with van der Waals surface area (Å²) < 4.78 is 17.2. The number of rotatable bonds is 3. The van der Waals surface area contributed by atoms with Gasteiger partial charge in [-0.3, -0.25) is 0 Å². The molecule has 3 fully saturated rings. The van der Waals surface area contributed by atoms with Gasteiger partial charge in [0, 0.05) is 11.3 Å². The van der Waals surface area contributed by atoms with Crippen molar-refractivity contribution in [2.24, 2.45) is 11.3 Å². The topological polar surface area (TPSA) is 27.7 Å². The highest BCUT2D eigenvalue weighted by Crippen LogP contribution is 2.42. The molecule has 0 spiro atoms. The van der Waals surface area contributed by atoms with E-state index in [9.17, 15) is 0 Å². The van der Waals surface area contributed by atoms with Crippen LogP contribution in [-0.2, 0) is 14.2 Å². The van der Waals surface area contributed by atoms with Crippen LogP contribution in [0, 0.1) is 11.3 Å². The van der Waals surface area contributed by atoms with Gasteiger partial charge >= 0.3 is 0 Å². The summed E-state index contributed by atoms with van der Waals surface area (Å²) in [5.41, 5.74) is 0.0771. The molecule has 0 aromatic heterocycles. The molecule has 3 aliphatic rings. The first-order chi connectivity index (χ1) is 6.60. The lowest BCUT2D eigenvalue weighted by Crippen LogP contribution is -2.61. The molecule has 3 heteroatoms. The van der Waals surface area contributed by atoms with Gasteiger partial charge < -0.3 is 14.2 Å². The SMILES string of the molecule is CCCC(C)C12OCC(C)(CO1)CO2. The summed E-state index contributed by atoms with van der Waals surface area (Å²) in [5, 5.41) is 0. The van der Waals surface area contributed by atoms with E-state index in [1.807, 2.05) is 0 Å². The van der Waals surface area contributed by atoms with Crippen LogP contribution in [0.15, 0.2) is 0 Å². The first-order valence-electron chi connectivity index (χ1n) is 5.52. The van der Waals surface area contributed by atoms with Crippen LogP contribution in [0.25, 0.3) is 0 Å². The second-order valence-electron chi connectivity index (χ2n) is 4.97. The standard InChI is InChI=1S/C11H20O3/c1-4-5-9(2)11-12-6-10(3,7-13-11)8-14-11/h9H,4-8H2,1-3H3. The van der Waals surface area contributed by atoms with Gasteiger partial charge in [0.25, 0.3) is 5.97 Å². The average Bonchev–Trinajstić information content (AvgIpc) is 2.20. The van der Waals surface area contributed by atoms with Gasteiger partial charge in [0.2, 0.25) is 0 Å². The van der Waals surface area contributed by atoms with Crippen molar-refractivity contribution in [3.8, 4) is 0 Å². The summed E-state index contributed by atoms with van der Waals surface area (Å²) >= 11 is 0. The van der Waals surface area contributed by atoms with Crippen molar-refractivity contribution in [1.29, 1.82) is 0 Å². The lowest BCUT2D eigenvalue weighted by molar-refractivity contribution is -0.482. The molecule has 2 bridgehead atoms. The van der Waals surface area contributed by atoms with Gasteiger partial charge in [0.1, 0.15) is 0 Å². The van der Waals surface area contributed by atoms with Gasteiger partial charge in [-0.25, -0.2) is 0 Å². The van der Waals surface area contributed by atoms with Crippen LogP contribution in [0.3, 0.4) is 0 Å². The highest BCUT2D eigenvalue weighted by atomic mass is 16.9. The van der Waals surface area contributed by atoms with Crippen LogP contribution in [-0.4, -0.2) is 25.8 Å². The smallest absolute Gasteiger partial charge is 0.285 e. The van der Waals surface area contributed by atoms with Gasteiger partial charge in [0.15, 0.2) is 0 Å². The fraction of sp³-hybridized carbons (Fsp3) is 1.00. The van der Waals surface area contributed by atoms with Gasteiger partial charge in [-0.2, -0.15) is 0 Å². The molecule has 82 valence electrons. The van der Waals surface area contributed by atoms with Crippen molar-refractivity contribution in [2.45, 2.75) is 39.6 Å². The predicted molar refractivity (Wildman–Crippen MR) is 52.8 cm³/mol. The maximum absolute atomic E-state index is 5.74. The monoisotopic (exact) mass is 200 g/mol. The quantitative estimate of drug-likeness (QED) is 0.698. The Labute approximate surface area is 85.7 Å². The third-order valence-electron chi connectivity index (χ3n) is 3.19. The third-order valence-corrected chi connectivity index (χ3v) is 3.19. The molecule has 0 saturated carbocycles. The van der Waals surface area contributed by atoms with E-state index in [0.29, 0.717) is 5.92 Å². The summed E-state index contributed by atoms with van der Waals surface area (Å²) in [6.45, 7) is 8.74. The van der Waals surface area contributed by atoms with E-state index in [1.165, 1.54) is 0 Å². The van der Waals surface area contributed by atoms with E-state index in [0.717, 1.165) is 32.7 Å². The molecule has 3 heterocycles. The first kappa shape index (κ1) is 10.4. The van der Waals surface area contributed by atoms with Crippen LogP contribution in [0.4, 0.5) is 0 Å². The Morgan fingerprint density at radius 3 is 2.07 bits per heavy atom. The third kappa shape index (κ3) is 1.58. The molecular formula is C11H20O3. The molecule has 0 aromatic rings. The van der Waals surface area contributed by atoms with Crippen LogP contribution in [0.5, 0.6) is 0 Å². The second-order valence-corrected chi connectivity index (χ2v) is 4.97. The fourth-order valence-corrected chi connectivity index (χ4v) is 2.11. The van der Waals surface area contributed by atoms with Gasteiger partial charge in [0.05, 0.1) is 19.8 Å². The summed E-state index contributed by atoms with van der Waals surface area (Å²) in [4.78, 5) is 0. The largest absolute Gasteiger partial charge is 0.326 e. The molecule has 1 unspecified atom stereocenters. The molecule has 0 aliphatic carbocycles. The molecule has 3 nitrogen and oxygen atoms in total. The van der Waals surface area contributed by atoms with E-state index >= 15 is 0 Å². The van der Waals surface area contributed by atoms with Crippen LogP contribution in [0.2, 0.25) is 0 Å². The van der Waals surface area contributed by atoms with Crippen LogP contribution in [0.1, 0.15) is 33.6 Å². The zero-order valence-electron chi connectivity index (χ0n) is 9.34. The highest BCUT2D eigenvalue weighted by Gasteiger charge is 2.52. The number of hydrogen-bond acceptors (Lipinski definition) is 3. The molecule has 0 amide bonds. The number of ether oxygens (including phenoxy) is 3. The van der Waals surface area contributed by atoms with Crippen molar-refractivity contribution >= 4 is 0 Å². The fourth-order valence-electron chi connectivity index (χ4n) is 2.11. The lowest BCUT2D eigenvalue weighted by atomic mass is 9.89. The number of fused-ring (bicyclic) bond motifs is 3. The van der Waals surface area contributed by atoms with E-state index in [-0.39, 0.29) is 5.41 Å². The molecule has 14 heavy (non-hydrogen) atoms. The first-order valence-corrected chi connectivity index (χ1v) is 5.52. The Kier molecular flexibility index (Phi) is 2.58. The van der Waals surface area contributed by atoms with Crippen LogP contribution >= 0.6 is 0 Å². The Bertz CT molecular complexity index is 190. The van der Waals surface area contributed by atoms with E-state index < -0.39 is 5.97 Å². The van der Waals surface area contributed by atoms with Gasteiger partial charge in [-0.15, -0.1) is 0 Å². The Morgan fingerprint density at radius 2 is 1.64 bits per heavy atom. The zero-order valence-corrected chi connectivity index (χ0v) is 9.34. The van der Waals surface area contributed by atoms with Gasteiger partial charge in [-0.05, 0) is 6.42 Å². The molecule has 3 aliphatic heterocycles. The van der Waals surface area contributed by atoms with E-state index in [4.69, 9.17) is 14.2 Å². The minimum atomic E-state index is -0.728. The second kappa shape index (κ2) is 3.47. The maximum Gasteiger partial charge on any atom is 0.285 e. The van der Waals surface area contributed by atoms with Crippen molar-refractivity contribution < 1.29 is 14.2 Å². The molecule has 0 aromatic carbocycles. The zero-order chi connectivity index (χ0) is 10.2. The molecule has 0 N–H and O–H groups in total. The summed E-state index contributed by atoms with van der Waals surface area (Å²) in [6.07, 6.45) is 2.22. The van der Waals surface area contributed by atoms with Crippen LogP contribution < -0.4 is 0 Å². The van der Waals surface area contributed by atoms with Crippen molar-refractivity contribution in [2.75, 3.05) is 19.8 Å². The highest BCUT2D eigenvalue weighted by molar-refractivity contribution is 4.86. The molecule has 3 rings (SSSR count). The molecule has 0 radical (unpaired) electrons. The maximum atomic E-state index is 5.74. The molecule has 3 saturated heterocycles. The molecular weight excluding hydrogens is 180 g/mol. The Morgan fingerprint density at radius 1 is 1.14 bits per heavy atom. The molecule has 1 atom stereocenters. The minimum Gasteiger partial charge on any atom is -0.326 e. The van der Waals surface area contributed by atoms with Crippen molar-refractivity contribution in [3.63, 3.8) is 0 Å². The average molecular weight is 200 g/mol. The van der Waals surface area contributed by atoms with E-state index in [1.54, 1.807) is 0 Å². The lowest BCUT2D eigenvalue weighted by Gasteiger charge is -2.52. The summed E-state index contributed by atoms with van der Waals surface area (Å²) in [6, 6.07) is 0. The van der Waals surface area contributed by atoms with Crippen molar-refractivity contribution in [3.05, 3.63) is 0 Å². The number of hydrogen-bond donors (Lipinski definition) is 0. The van der Waals surface area contributed by atoms with E-state index in [2.05, 4.69) is 20.8 Å². The predicted octanol–water partition coefficient (Wildman–Crippen LogP) is 2.16.